The van der Waals surface area contributed by atoms with E-state index in [9.17, 15) is 14.4 Å². The van der Waals surface area contributed by atoms with Gasteiger partial charge in [-0.05, 0) is 24.6 Å². The highest BCUT2D eigenvalue weighted by Gasteiger charge is 2.16. The van der Waals surface area contributed by atoms with E-state index in [1.54, 1.807) is 12.1 Å². The molecule has 0 atom stereocenters. The maximum Gasteiger partial charge on any atom is 0.341 e. The highest BCUT2D eigenvalue weighted by Crippen LogP contribution is 2.19. The van der Waals surface area contributed by atoms with Crippen LogP contribution in [-0.4, -0.2) is 26.7 Å². The zero-order valence-corrected chi connectivity index (χ0v) is 11.2. The Morgan fingerprint density at radius 1 is 1.05 bits per heavy atom. The lowest BCUT2D eigenvalue weighted by atomic mass is 10.1. The van der Waals surface area contributed by atoms with Gasteiger partial charge in [-0.25, -0.2) is 4.79 Å². The number of carboxylic acids is 2. The predicted octanol–water partition coefficient (Wildman–Crippen LogP) is 1.61. The second kappa shape index (κ2) is 5.62. The van der Waals surface area contributed by atoms with Crippen molar-refractivity contribution >= 4 is 11.9 Å². The lowest BCUT2D eigenvalue weighted by Gasteiger charge is -2.12. The summed E-state index contributed by atoms with van der Waals surface area (Å²) in [4.78, 5) is 34.0. The van der Waals surface area contributed by atoms with Gasteiger partial charge >= 0.3 is 11.9 Å². The van der Waals surface area contributed by atoms with Gasteiger partial charge in [0.2, 0.25) is 0 Å². The average molecular weight is 287 g/mol. The Labute approximate surface area is 119 Å². The maximum atomic E-state index is 12.1. The van der Waals surface area contributed by atoms with Gasteiger partial charge in [0.05, 0.1) is 5.69 Å². The lowest BCUT2D eigenvalue weighted by Crippen LogP contribution is -2.30. The summed E-state index contributed by atoms with van der Waals surface area (Å²) in [5.74, 6) is -2.59. The van der Waals surface area contributed by atoms with E-state index in [1.807, 2.05) is 19.1 Å². The first-order chi connectivity index (χ1) is 9.90. The Morgan fingerprint density at radius 2 is 1.67 bits per heavy atom. The van der Waals surface area contributed by atoms with Gasteiger partial charge in [0.25, 0.3) is 5.56 Å². The van der Waals surface area contributed by atoms with Gasteiger partial charge in [-0.3, -0.25) is 14.2 Å². The van der Waals surface area contributed by atoms with Gasteiger partial charge in [0.1, 0.15) is 12.1 Å². The number of rotatable bonds is 4. The number of nitrogens with zero attached hydrogens (tertiary/aromatic N) is 1. The van der Waals surface area contributed by atoms with Crippen LogP contribution < -0.4 is 5.56 Å². The first-order valence-electron chi connectivity index (χ1n) is 6.16. The summed E-state index contributed by atoms with van der Waals surface area (Å²) in [7, 11) is 0. The van der Waals surface area contributed by atoms with Crippen molar-refractivity contribution in [2.75, 3.05) is 0 Å². The lowest BCUT2D eigenvalue weighted by molar-refractivity contribution is -0.137. The molecule has 0 saturated heterocycles. The van der Waals surface area contributed by atoms with Crippen molar-refractivity contribution in [3.05, 3.63) is 57.9 Å². The second-order valence-corrected chi connectivity index (χ2v) is 4.59. The van der Waals surface area contributed by atoms with Gasteiger partial charge in [0, 0.05) is 0 Å². The third kappa shape index (κ3) is 3.00. The largest absolute Gasteiger partial charge is 0.480 e. The SMILES string of the molecule is Cc1ccc(-c2ccc(C(=O)O)c(=O)n2CC(=O)O)cc1. The molecule has 0 aliphatic heterocycles. The van der Waals surface area contributed by atoms with Gasteiger partial charge < -0.3 is 10.2 Å². The molecule has 6 heteroatoms. The summed E-state index contributed by atoms with van der Waals surface area (Å²) >= 11 is 0. The molecule has 2 aromatic rings. The van der Waals surface area contributed by atoms with Crippen molar-refractivity contribution in [3.63, 3.8) is 0 Å². The van der Waals surface area contributed by atoms with E-state index in [1.165, 1.54) is 12.1 Å². The first-order valence-corrected chi connectivity index (χ1v) is 6.16. The molecule has 2 N–H and O–H groups in total. The van der Waals surface area contributed by atoms with E-state index in [0.29, 0.717) is 11.3 Å². The second-order valence-electron chi connectivity index (χ2n) is 4.59. The van der Waals surface area contributed by atoms with E-state index in [2.05, 4.69) is 0 Å². The third-order valence-corrected chi connectivity index (χ3v) is 3.05. The van der Waals surface area contributed by atoms with Crippen molar-refractivity contribution in [2.24, 2.45) is 0 Å². The molecule has 0 amide bonds. The fourth-order valence-corrected chi connectivity index (χ4v) is 2.01. The minimum Gasteiger partial charge on any atom is -0.480 e. The molecular formula is C15H13NO5. The van der Waals surface area contributed by atoms with Crippen LogP contribution in [0.2, 0.25) is 0 Å². The van der Waals surface area contributed by atoms with Gasteiger partial charge in [-0.1, -0.05) is 29.8 Å². The van der Waals surface area contributed by atoms with E-state index in [0.717, 1.165) is 10.1 Å². The van der Waals surface area contributed by atoms with Crippen molar-refractivity contribution in [1.29, 1.82) is 0 Å². The molecule has 6 nitrogen and oxygen atoms in total. The normalized spacial score (nSPS) is 10.3. The van der Waals surface area contributed by atoms with Crippen LogP contribution in [0.25, 0.3) is 11.3 Å². The molecule has 0 saturated carbocycles. The number of hydrogen-bond donors (Lipinski definition) is 2. The van der Waals surface area contributed by atoms with Gasteiger partial charge in [0.15, 0.2) is 0 Å². The van der Waals surface area contributed by atoms with Gasteiger partial charge in [-0.15, -0.1) is 0 Å². The fraction of sp³-hybridized carbons (Fsp3) is 0.133. The Balaban J connectivity index is 2.68. The molecule has 0 unspecified atom stereocenters. The highest BCUT2D eigenvalue weighted by molar-refractivity contribution is 5.87. The van der Waals surface area contributed by atoms with E-state index >= 15 is 0 Å². The quantitative estimate of drug-likeness (QED) is 0.890. The predicted molar refractivity (Wildman–Crippen MR) is 75.5 cm³/mol. The van der Waals surface area contributed by atoms with E-state index in [-0.39, 0.29) is 0 Å². The van der Waals surface area contributed by atoms with Crippen LogP contribution in [0.4, 0.5) is 0 Å². The maximum absolute atomic E-state index is 12.1. The summed E-state index contributed by atoms with van der Waals surface area (Å²) in [6, 6.07) is 9.80. The van der Waals surface area contributed by atoms with Gasteiger partial charge in [-0.2, -0.15) is 0 Å². The molecule has 108 valence electrons. The van der Waals surface area contributed by atoms with Crippen LogP contribution in [0.1, 0.15) is 15.9 Å². The monoisotopic (exact) mass is 287 g/mol. The average Bonchev–Trinajstić information content (AvgIpc) is 2.41. The molecule has 0 aliphatic carbocycles. The van der Waals surface area contributed by atoms with Crippen LogP contribution in [0, 0.1) is 6.92 Å². The number of hydrogen-bond acceptors (Lipinski definition) is 3. The highest BCUT2D eigenvalue weighted by atomic mass is 16.4. The number of carbonyl (C=O) groups is 2. The molecule has 1 heterocycles. The van der Waals surface area contributed by atoms with Crippen LogP contribution in [0.15, 0.2) is 41.2 Å². The van der Waals surface area contributed by atoms with E-state index in [4.69, 9.17) is 10.2 Å². The first kappa shape index (κ1) is 14.5. The zero-order valence-electron chi connectivity index (χ0n) is 11.2. The smallest absolute Gasteiger partial charge is 0.341 e. The summed E-state index contributed by atoms with van der Waals surface area (Å²) < 4.78 is 0.955. The Bertz CT molecular complexity index is 759. The topological polar surface area (TPSA) is 96.6 Å². The fourth-order valence-electron chi connectivity index (χ4n) is 2.01. The molecule has 1 aromatic carbocycles. The van der Waals surface area contributed by atoms with Crippen molar-refractivity contribution in [3.8, 4) is 11.3 Å². The summed E-state index contributed by atoms with van der Waals surface area (Å²) in [6.45, 7) is 1.31. The number of aryl methyl sites for hydroxylation is 1. The summed E-state index contributed by atoms with van der Waals surface area (Å²) in [5.41, 5.74) is 0.756. The molecule has 0 fully saturated rings. The number of aromatic carboxylic acids is 1. The molecule has 21 heavy (non-hydrogen) atoms. The van der Waals surface area contributed by atoms with Crippen molar-refractivity contribution < 1.29 is 19.8 Å². The Kier molecular flexibility index (Phi) is 3.89. The Hall–Kier alpha value is -2.89. The van der Waals surface area contributed by atoms with Crippen molar-refractivity contribution in [1.82, 2.24) is 4.57 Å². The van der Waals surface area contributed by atoms with Crippen LogP contribution in [-0.2, 0) is 11.3 Å². The molecule has 0 spiro atoms. The minimum absolute atomic E-state index is 0.368. The molecule has 2 rings (SSSR count). The molecule has 0 aliphatic rings. The minimum atomic E-state index is -1.38. The van der Waals surface area contributed by atoms with Crippen LogP contribution >= 0.6 is 0 Å². The molecule has 0 bridgehead atoms. The number of aliphatic carboxylic acids is 1. The summed E-state index contributed by atoms with van der Waals surface area (Å²) in [5, 5.41) is 17.9. The number of benzene rings is 1. The number of aromatic nitrogens is 1. The molecular weight excluding hydrogens is 274 g/mol. The third-order valence-electron chi connectivity index (χ3n) is 3.05. The number of pyridine rings is 1. The summed E-state index contributed by atoms with van der Waals surface area (Å²) in [6.07, 6.45) is 0. The van der Waals surface area contributed by atoms with E-state index < -0.39 is 29.6 Å². The van der Waals surface area contributed by atoms with Crippen LogP contribution in [0.3, 0.4) is 0 Å². The zero-order chi connectivity index (χ0) is 15.6. The standard InChI is InChI=1S/C15H13NO5/c1-9-2-4-10(5-3-9)12-7-6-11(15(20)21)14(19)16(12)8-13(17)18/h2-7H,8H2,1H3,(H,17,18)(H,20,21). The molecule has 1 aromatic heterocycles. The van der Waals surface area contributed by atoms with Crippen LogP contribution in [0.5, 0.6) is 0 Å². The number of carboxylic acid groups (broad SMARTS) is 2. The Morgan fingerprint density at radius 3 is 2.19 bits per heavy atom. The molecule has 0 radical (unpaired) electrons. The van der Waals surface area contributed by atoms with Crippen molar-refractivity contribution in [2.45, 2.75) is 13.5 Å².